The Kier molecular flexibility index (Phi) is 8.49. The second-order valence-electron chi connectivity index (χ2n) is 7.34. The molecular weight excluding hydrogens is 376 g/mol. The second-order valence-corrected chi connectivity index (χ2v) is 7.34. The van der Waals surface area contributed by atoms with Crippen LogP contribution in [0.15, 0.2) is 12.1 Å². The summed E-state index contributed by atoms with van der Waals surface area (Å²) in [4.78, 5) is 35.4. The third kappa shape index (κ3) is 6.76. The molecule has 0 saturated heterocycles. The van der Waals surface area contributed by atoms with Gasteiger partial charge in [0.1, 0.15) is 17.6 Å². The minimum absolute atomic E-state index is 0.00365. The molecule has 7 nitrogen and oxygen atoms in total. The van der Waals surface area contributed by atoms with Crippen molar-refractivity contribution in [3.63, 3.8) is 0 Å². The number of esters is 2. The zero-order chi connectivity index (χ0) is 21.4. The van der Waals surface area contributed by atoms with Crippen LogP contribution in [0.2, 0.25) is 0 Å². The zero-order valence-electron chi connectivity index (χ0n) is 17.6. The van der Waals surface area contributed by atoms with Gasteiger partial charge in [0.05, 0.1) is 32.3 Å². The van der Waals surface area contributed by atoms with Gasteiger partial charge in [0.2, 0.25) is 0 Å². The lowest BCUT2D eigenvalue weighted by Gasteiger charge is -2.27. The highest BCUT2D eigenvalue weighted by Gasteiger charge is 2.30. The molecule has 160 valence electrons. The average Bonchev–Trinajstić information content (AvgIpc) is 2.66. The molecule has 0 radical (unpaired) electrons. The van der Waals surface area contributed by atoms with Crippen LogP contribution in [0.3, 0.4) is 0 Å². The average molecular weight is 406 g/mol. The van der Waals surface area contributed by atoms with Crippen molar-refractivity contribution in [1.29, 1.82) is 0 Å². The van der Waals surface area contributed by atoms with Crippen LogP contribution in [0, 0.1) is 0 Å². The fourth-order valence-electron chi connectivity index (χ4n) is 3.55. The Hall–Kier alpha value is -2.57. The van der Waals surface area contributed by atoms with Gasteiger partial charge in [-0.05, 0) is 44.2 Å². The van der Waals surface area contributed by atoms with Crippen molar-refractivity contribution in [1.82, 2.24) is 0 Å². The number of ether oxygens (including phenoxy) is 4. The Bertz CT molecular complexity index is 741. The monoisotopic (exact) mass is 406 g/mol. The topological polar surface area (TPSA) is 88.1 Å². The lowest BCUT2D eigenvalue weighted by Crippen LogP contribution is -2.28. The van der Waals surface area contributed by atoms with Gasteiger partial charge >= 0.3 is 11.9 Å². The molecule has 1 aliphatic heterocycles. The molecule has 29 heavy (non-hydrogen) atoms. The first-order valence-corrected chi connectivity index (χ1v) is 9.98. The van der Waals surface area contributed by atoms with Gasteiger partial charge in [-0.1, -0.05) is 6.42 Å². The first-order valence-electron chi connectivity index (χ1n) is 9.98. The molecule has 0 bridgehead atoms. The summed E-state index contributed by atoms with van der Waals surface area (Å²) in [6, 6.07) is 3.38. The van der Waals surface area contributed by atoms with Gasteiger partial charge in [0, 0.05) is 19.4 Å². The van der Waals surface area contributed by atoms with E-state index < -0.39 is 5.97 Å². The highest BCUT2D eigenvalue weighted by molar-refractivity contribution is 6.02. The molecule has 1 unspecified atom stereocenters. The summed E-state index contributed by atoms with van der Waals surface area (Å²) in [5, 5.41) is 0. The molecule has 0 saturated carbocycles. The van der Waals surface area contributed by atoms with Crippen LogP contribution in [0.1, 0.15) is 68.3 Å². The number of hydrogen-bond acceptors (Lipinski definition) is 7. The predicted molar refractivity (Wildman–Crippen MR) is 106 cm³/mol. The van der Waals surface area contributed by atoms with Crippen molar-refractivity contribution in [2.45, 2.75) is 71.0 Å². The number of ketones is 1. The fourth-order valence-corrected chi connectivity index (χ4v) is 3.55. The Balaban J connectivity index is 1.94. The van der Waals surface area contributed by atoms with E-state index in [1.807, 2.05) is 6.92 Å². The Morgan fingerprint density at radius 2 is 1.97 bits per heavy atom. The summed E-state index contributed by atoms with van der Waals surface area (Å²) in [6.45, 7) is 3.30. The molecule has 1 heterocycles. The smallest absolute Gasteiger partial charge is 0.310 e. The van der Waals surface area contributed by atoms with Gasteiger partial charge in [-0.3, -0.25) is 14.4 Å². The summed E-state index contributed by atoms with van der Waals surface area (Å²) in [7, 11) is 2.85. The van der Waals surface area contributed by atoms with Gasteiger partial charge in [-0.2, -0.15) is 0 Å². The molecule has 0 spiro atoms. The lowest BCUT2D eigenvalue weighted by molar-refractivity contribution is -0.145. The molecule has 1 aliphatic rings. The Morgan fingerprint density at radius 1 is 1.21 bits per heavy atom. The summed E-state index contributed by atoms with van der Waals surface area (Å²) in [5.41, 5.74) is 1.01. The third-order valence-corrected chi connectivity index (χ3v) is 4.94. The van der Waals surface area contributed by atoms with Crippen LogP contribution >= 0.6 is 0 Å². The molecule has 0 aliphatic carbocycles. The summed E-state index contributed by atoms with van der Waals surface area (Å²) >= 11 is 0. The zero-order valence-corrected chi connectivity index (χ0v) is 17.6. The van der Waals surface area contributed by atoms with E-state index in [0.717, 1.165) is 32.1 Å². The number of carbonyl (C=O) groups is 3. The number of benzene rings is 1. The molecular formula is C22H30O7. The highest BCUT2D eigenvalue weighted by atomic mass is 16.5. The number of rotatable bonds is 10. The fraction of sp³-hybridized carbons (Fsp3) is 0.591. The SMILES string of the molecule is COC(=O)Cc1cc(OC)cc2c1C(=O)CC(CCCCC[C@H](C)OC(C)=O)O2. The standard InChI is InChI=1S/C22H30O7/c1-14(28-15(2)23)8-6-5-7-9-17-12-19(24)22-16(11-21(25)27-4)10-18(26-3)13-20(22)29-17/h10,13-14,17H,5-9,11-12H2,1-4H3/t14-,17?/m0/s1. The maximum Gasteiger partial charge on any atom is 0.310 e. The van der Waals surface area contributed by atoms with E-state index in [2.05, 4.69) is 0 Å². The molecule has 1 aromatic rings. The van der Waals surface area contributed by atoms with Gasteiger partial charge < -0.3 is 18.9 Å². The molecule has 2 rings (SSSR count). The van der Waals surface area contributed by atoms with E-state index in [9.17, 15) is 14.4 Å². The lowest BCUT2D eigenvalue weighted by atomic mass is 9.92. The minimum Gasteiger partial charge on any atom is -0.497 e. The largest absolute Gasteiger partial charge is 0.497 e. The summed E-state index contributed by atoms with van der Waals surface area (Å²) < 4.78 is 21.2. The van der Waals surface area contributed by atoms with E-state index >= 15 is 0 Å². The molecule has 7 heteroatoms. The van der Waals surface area contributed by atoms with E-state index in [1.54, 1.807) is 12.1 Å². The molecule has 0 N–H and O–H groups in total. The van der Waals surface area contributed by atoms with E-state index in [1.165, 1.54) is 21.1 Å². The van der Waals surface area contributed by atoms with E-state index in [0.29, 0.717) is 22.6 Å². The second kappa shape index (κ2) is 10.8. The van der Waals surface area contributed by atoms with Gasteiger partial charge in [0.25, 0.3) is 0 Å². The van der Waals surface area contributed by atoms with Crippen molar-refractivity contribution in [3.05, 3.63) is 23.3 Å². The first kappa shape index (κ1) is 22.7. The molecule has 0 fully saturated rings. The minimum atomic E-state index is -0.418. The summed E-state index contributed by atoms with van der Waals surface area (Å²) in [6.07, 6.45) is 4.43. The van der Waals surface area contributed by atoms with Crippen molar-refractivity contribution < 1.29 is 33.3 Å². The summed E-state index contributed by atoms with van der Waals surface area (Å²) in [5.74, 6) is 0.301. The van der Waals surface area contributed by atoms with Gasteiger partial charge in [-0.15, -0.1) is 0 Å². The number of methoxy groups -OCH3 is 2. The predicted octanol–water partition coefficient (Wildman–Crippen LogP) is 3.65. The van der Waals surface area contributed by atoms with Crippen molar-refractivity contribution >= 4 is 17.7 Å². The molecule has 1 aromatic carbocycles. The van der Waals surface area contributed by atoms with Crippen molar-refractivity contribution in [2.75, 3.05) is 14.2 Å². The van der Waals surface area contributed by atoms with Crippen LogP contribution in [0.25, 0.3) is 0 Å². The number of carbonyl (C=O) groups excluding carboxylic acids is 3. The first-order chi connectivity index (χ1) is 13.8. The number of Topliss-reactive ketones (excluding diaryl/α,β-unsaturated/α-hetero) is 1. The number of unbranched alkanes of at least 4 members (excludes halogenated alkanes) is 2. The Morgan fingerprint density at radius 3 is 2.62 bits per heavy atom. The van der Waals surface area contributed by atoms with Gasteiger partial charge in [0.15, 0.2) is 5.78 Å². The maximum atomic E-state index is 12.7. The van der Waals surface area contributed by atoms with Crippen molar-refractivity contribution in [2.24, 2.45) is 0 Å². The van der Waals surface area contributed by atoms with Crippen LogP contribution in [0.5, 0.6) is 11.5 Å². The van der Waals surface area contributed by atoms with Crippen LogP contribution in [-0.4, -0.2) is 44.1 Å². The third-order valence-electron chi connectivity index (χ3n) is 4.94. The molecule has 0 aromatic heterocycles. The van der Waals surface area contributed by atoms with E-state index in [-0.39, 0.29) is 36.8 Å². The normalized spacial score (nSPS) is 16.4. The quantitative estimate of drug-likeness (QED) is 0.433. The van der Waals surface area contributed by atoms with E-state index in [4.69, 9.17) is 18.9 Å². The molecule has 0 amide bonds. The van der Waals surface area contributed by atoms with Gasteiger partial charge in [-0.25, -0.2) is 0 Å². The van der Waals surface area contributed by atoms with Crippen LogP contribution in [-0.2, 0) is 25.5 Å². The Labute approximate surface area is 171 Å². The maximum absolute atomic E-state index is 12.7. The van der Waals surface area contributed by atoms with Crippen LogP contribution < -0.4 is 9.47 Å². The van der Waals surface area contributed by atoms with Crippen molar-refractivity contribution in [3.8, 4) is 11.5 Å². The van der Waals surface area contributed by atoms with Crippen LogP contribution in [0.4, 0.5) is 0 Å². The highest BCUT2D eigenvalue weighted by Crippen LogP contribution is 2.36. The molecule has 2 atom stereocenters. The number of fused-ring (bicyclic) bond motifs is 1. The number of hydrogen-bond donors (Lipinski definition) is 0.